The molecule has 4 aromatic rings. The van der Waals surface area contributed by atoms with Gasteiger partial charge in [-0.1, -0.05) is 65.7 Å². The molecule has 156 valence electrons. The van der Waals surface area contributed by atoms with Crippen molar-refractivity contribution >= 4 is 45.7 Å². The van der Waals surface area contributed by atoms with Crippen molar-refractivity contribution in [1.29, 1.82) is 0 Å². The number of amides is 1. The third kappa shape index (κ3) is 3.70. The van der Waals surface area contributed by atoms with Gasteiger partial charge >= 0.3 is 5.91 Å². The lowest BCUT2D eigenvalue weighted by Gasteiger charge is -2.25. The van der Waals surface area contributed by atoms with Crippen molar-refractivity contribution in [3.8, 4) is 5.88 Å². The number of hydrogen-bond acceptors (Lipinski definition) is 4. The van der Waals surface area contributed by atoms with Gasteiger partial charge in [-0.25, -0.2) is 0 Å². The monoisotopic (exact) mass is 453 g/mol. The van der Waals surface area contributed by atoms with Crippen molar-refractivity contribution in [3.05, 3.63) is 94.0 Å². The fraction of sp³-hybridized carbons (Fsp3) is 0.0870. The second-order valence-corrected chi connectivity index (χ2v) is 7.85. The van der Waals surface area contributed by atoms with Crippen LogP contribution in [-0.2, 0) is 17.4 Å². The summed E-state index contributed by atoms with van der Waals surface area (Å²) in [5.74, 6) is -1.07. The molecule has 31 heavy (non-hydrogen) atoms. The quantitative estimate of drug-likeness (QED) is 0.386. The van der Waals surface area contributed by atoms with Crippen molar-refractivity contribution in [1.82, 2.24) is 4.57 Å². The van der Waals surface area contributed by atoms with E-state index in [1.54, 1.807) is 72.3 Å². The van der Waals surface area contributed by atoms with Gasteiger partial charge in [0, 0.05) is 22.5 Å². The first kappa shape index (κ1) is 21.1. The van der Waals surface area contributed by atoms with Gasteiger partial charge in [0.25, 0.3) is 0 Å². The highest BCUT2D eigenvalue weighted by Crippen LogP contribution is 2.39. The SMILES string of the molecule is Cn1c(O)c(N=NC(=O)C(O)(c2ccc(Cl)cc2)c2ccc(Cl)cc2)c2ccccc21. The molecule has 1 aromatic heterocycles. The number of aliphatic hydroxyl groups is 1. The number of aryl methyl sites for hydroxylation is 1. The molecule has 0 aliphatic carbocycles. The minimum atomic E-state index is -2.13. The number of azo groups is 1. The van der Waals surface area contributed by atoms with Crippen LogP contribution in [0, 0.1) is 0 Å². The number of carbonyl (C=O) groups is 1. The minimum Gasteiger partial charge on any atom is -0.493 e. The summed E-state index contributed by atoms with van der Waals surface area (Å²) in [5, 5.41) is 31.3. The highest BCUT2D eigenvalue weighted by Gasteiger charge is 2.40. The summed E-state index contributed by atoms with van der Waals surface area (Å²) in [4.78, 5) is 13.2. The molecule has 0 aliphatic heterocycles. The maximum atomic E-state index is 13.2. The molecule has 0 fully saturated rings. The Morgan fingerprint density at radius 1 is 0.903 bits per heavy atom. The summed E-state index contributed by atoms with van der Waals surface area (Å²) < 4.78 is 1.54. The lowest BCUT2D eigenvalue weighted by atomic mass is 9.86. The first-order valence-electron chi connectivity index (χ1n) is 9.29. The normalized spacial score (nSPS) is 12.0. The topological polar surface area (TPSA) is 87.2 Å². The predicted molar refractivity (Wildman–Crippen MR) is 120 cm³/mol. The van der Waals surface area contributed by atoms with Crippen LogP contribution in [0.25, 0.3) is 10.9 Å². The van der Waals surface area contributed by atoms with Gasteiger partial charge in [0.1, 0.15) is 0 Å². The molecular weight excluding hydrogens is 437 g/mol. The van der Waals surface area contributed by atoms with Gasteiger partial charge in [-0.2, -0.15) is 0 Å². The van der Waals surface area contributed by atoms with Crippen LogP contribution in [0.2, 0.25) is 10.0 Å². The molecule has 0 atom stereocenters. The Balaban J connectivity index is 1.81. The lowest BCUT2D eigenvalue weighted by molar-refractivity contribution is -0.133. The van der Waals surface area contributed by atoms with Crippen molar-refractivity contribution in [2.24, 2.45) is 17.3 Å². The molecule has 0 aliphatic rings. The highest BCUT2D eigenvalue weighted by molar-refractivity contribution is 6.30. The molecule has 8 heteroatoms. The molecule has 0 saturated carbocycles. The third-order valence-electron chi connectivity index (χ3n) is 5.12. The number of aromatic nitrogens is 1. The van der Waals surface area contributed by atoms with E-state index >= 15 is 0 Å². The summed E-state index contributed by atoms with van der Waals surface area (Å²) in [6, 6.07) is 19.6. The van der Waals surface area contributed by atoms with Gasteiger partial charge in [-0.15, -0.1) is 10.2 Å². The number of aromatic hydroxyl groups is 1. The average molecular weight is 454 g/mol. The van der Waals surface area contributed by atoms with Crippen molar-refractivity contribution in [3.63, 3.8) is 0 Å². The summed E-state index contributed by atoms with van der Waals surface area (Å²) in [7, 11) is 1.68. The lowest BCUT2D eigenvalue weighted by Crippen LogP contribution is -2.35. The predicted octanol–water partition coefficient (Wildman–Crippen LogP) is 5.74. The number of carbonyl (C=O) groups excluding carboxylic acids is 1. The first-order valence-corrected chi connectivity index (χ1v) is 10.0. The molecule has 0 radical (unpaired) electrons. The first-order chi connectivity index (χ1) is 14.8. The van der Waals surface area contributed by atoms with Gasteiger partial charge in [0.05, 0.1) is 5.52 Å². The largest absolute Gasteiger partial charge is 0.493 e. The van der Waals surface area contributed by atoms with Crippen LogP contribution < -0.4 is 0 Å². The Morgan fingerprint density at radius 2 is 1.42 bits per heavy atom. The van der Waals surface area contributed by atoms with Crippen molar-refractivity contribution in [2.75, 3.05) is 0 Å². The van der Waals surface area contributed by atoms with E-state index in [1.807, 2.05) is 12.1 Å². The van der Waals surface area contributed by atoms with Crippen LogP contribution in [-0.4, -0.2) is 20.7 Å². The van der Waals surface area contributed by atoms with Crippen molar-refractivity contribution < 1.29 is 15.0 Å². The van der Waals surface area contributed by atoms with E-state index in [0.717, 1.165) is 5.52 Å². The van der Waals surface area contributed by atoms with E-state index in [-0.39, 0.29) is 22.7 Å². The average Bonchev–Trinajstić information content (AvgIpc) is 3.02. The second kappa shape index (κ2) is 8.15. The zero-order valence-electron chi connectivity index (χ0n) is 16.3. The number of fused-ring (bicyclic) bond motifs is 1. The molecule has 1 heterocycles. The molecule has 6 nitrogen and oxygen atoms in total. The van der Waals surface area contributed by atoms with Gasteiger partial charge in [0.15, 0.2) is 11.3 Å². The van der Waals surface area contributed by atoms with E-state index in [4.69, 9.17) is 23.2 Å². The van der Waals surface area contributed by atoms with Crippen LogP contribution in [0.3, 0.4) is 0 Å². The van der Waals surface area contributed by atoms with Crippen LogP contribution in [0.4, 0.5) is 5.69 Å². The number of para-hydroxylation sites is 1. The van der Waals surface area contributed by atoms with Crippen LogP contribution >= 0.6 is 23.2 Å². The Bertz CT molecular complexity index is 1250. The van der Waals surface area contributed by atoms with Gasteiger partial charge in [-0.3, -0.25) is 4.79 Å². The number of halogens is 2. The third-order valence-corrected chi connectivity index (χ3v) is 5.63. The zero-order valence-corrected chi connectivity index (χ0v) is 17.8. The van der Waals surface area contributed by atoms with Gasteiger partial charge in [0.2, 0.25) is 5.88 Å². The summed E-state index contributed by atoms with van der Waals surface area (Å²) in [5.41, 5.74) is -0.720. The van der Waals surface area contributed by atoms with Crippen LogP contribution in [0.1, 0.15) is 11.1 Å². The molecule has 0 bridgehead atoms. The van der Waals surface area contributed by atoms with E-state index in [2.05, 4.69) is 10.2 Å². The molecule has 0 spiro atoms. The standard InChI is InChI=1S/C23H17Cl2N3O3/c1-28-19-5-3-2-4-18(19)20(21(28)29)26-27-22(30)23(31,14-6-10-16(24)11-7-14)15-8-12-17(25)13-9-15/h2-13,29,31H,1H3. The summed E-state index contributed by atoms with van der Waals surface area (Å²) in [6.07, 6.45) is 0. The molecule has 1 amide bonds. The second-order valence-electron chi connectivity index (χ2n) is 6.98. The maximum Gasteiger partial charge on any atom is 0.305 e. The van der Waals surface area contributed by atoms with E-state index in [0.29, 0.717) is 15.4 Å². The van der Waals surface area contributed by atoms with Crippen molar-refractivity contribution in [2.45, 2.75) is 5.60 Å². The maximum absolute atomic E-state index is 13.2. The molecule has 0 saturated heterocycles. The van der Waals surface area contributed by atoms with Crippen LogP contribution in [0.15, 0.2) is 83.0 Å². The number of nitrogens with zero attached hydrogens (tertiary/aromatic N) is 3. The van der Waals surface area contributed by atoms with E-state index in [9.17, 15) is 15.0 Å². The van der Waals surface area contributed by atoms with E-state index in [1.165, 1.54) is 0 Å². The Morgan fingerprint density at radius 3 is 1.97 bits per heavy atom. The fourth-order valence-corrected chi connectivity index (χ4v) is 3.67. The molecule has 3 aromatic carbocycles. The van der Waals surface area contributed by atoms with Gasteiger partial charge in [-0.05, 0) is 41.5 Å². The highest BCUT2D eigenvalue weighted by atomic mass is 35.5. The number of hydrogen-bond donors (Lipinski definition) is 2. The van der Waals surface area contributed by atoms with E-state index < -0.39 is 11.5 Å². The minimum absolute atomic E-state index is 0.140. The summed E-state index contributed by atoms with van der Waals surface area (Å²) >= 11 is 11.9. The number of rotatable bonds is 4. The Hall–Kier alpha value is -3.19. The molecule has 0 unspecified atom stereocenters. The Labute approximate surface area is 188 Å². The fourth-order valence-electron chi connectivity index (χ4n) is 3.42. The number of benzene rings is 3. The summed E-state index contributed by atoms with van der Waals surface area (Å²) in [6.45, 7) is 0. The molecule has 4 rings (SSSR count). The Kier molecular flexibility index (Phi) is 5.54. The zero-order chi connectivity index (χ0) is 22.2. The van der Waals surface area contributed by atoms with Gasteiger partial charge < -0.3 is 14.8 Å². The molecule has 2 N–H and O–H groups in total. The smallest absolute Gasteiger partial charge is 0.305 e. The molecular formula is C23H17Cl2N3O3. The van der Waals surface area contributed by atoms with Crippen LogP contribution in [0.5, 0.6) is 5.88 Å².